The van der Waals surface area contributed by atoms with E-state index < -0.39 is 23.3 Å². The van der Waals surface area contributed by atoms with Gasteiger partial charge in [0.05, 0.1) is 12.5 Å². The highest BCUT2D eigenvalue weighted by atomic mass is 79.9. The molecule has 0 aliphatic heterocycles. The number of halogens is 1. The fraction of sp³-hybridized carbons (Fsp3) is 0.529. The molecule has 0 aromatic heterocycles. The van der Waals surface area contributed by atoms with Crippen molar-refractivity contribution in [2.24, 2.45) is 11.3 Å². The Balaban J connectivity index is 2.16. The van der Waals surface area contributed by atoms with E-state index in [0.717, 1.165) is 4.47 Å². The molecular weight excluding hydrogens is 378 g/mol. The summed E-state index contributed by atoms with van der Waals surface area (Å²) in [6.45, 7) is 1.82. The summed E-state index contributed by atoms with van der Waals surface area (Å²) < 4.78 is 6.02. The van der Waals surface area contributed by atoms with E-state index in [4.69, 9.17) is 4.74 Å². The molecule has 4 atom stereocenters. The van der Waals surface area contributed by atoms with Gasteiger partial charge in [0, 0.05) is 21.7 Å². The van der Waals surface area contributed by atoms with Crippen molar-refractivity contribution < 1.29 is 19.2 Å². The highest BCUT2D eigenvalue weighted by molar-refractivity contribution is 9.10. The first-order valence-electron chi connectivity index (χ1n) is 8.01. The Kier molecular flexibility index (Phi) is 4.46. The monoisotopic (exact) mass is 395 g/mol. The van der Waals surface area contributed by atoms with Crippen molar-refractivity contribution in [1.29, 1.82) is 0 Å². The number of carbonyl (C=O) groups is 2. The van der Waals surface area contributed by atoms with Gasteiger partial charge in [0.25, 0.3) is 0 Å². The van der Waals surface area contributed by atoms with Gasteiger partial charge in [0.1, 0.15) is 5.41 Å². The summed E-state index contributed by atoms with van der Waals surface area (Å²) in [5.41, 5.74) is -0.790. The van der Waals surface area contributed by atoms with E-state index in [2.05, 4.69) is 15.9 Å². The van der Waals surface area contributed by atoms with Gasteiger partial charge in [-0.2, -0.15) is 0 Å². The molecule has 3 fully saturated rings. The molecule has 6 nitrogen and oxygen atoms in total. The van der Waals surface area contributed by atoms with E-state index in [1.165, 1.54) is 0 Å². The van der Waals surface area contributed by atoms with Crippen LogP contribution in [0.1, 0.15) is 37.7 Å². The maximum absolute atomic E-state index is 12.8. The van der Waals surface area contributed by atoms with Gasteiger partial charge in [-0.05, 0) is 37.5 Å². The molecule has 7 heteroatoms. The van der Waals surface area contributed by atoms with E-state index in [-0.39, 0.29) is 29.7 Å². The van der Waals surface area contributed by atoms with Crippen molar-refractivity contribution in [1.82, 2.24) is 0 Å². The van der Waals surface area contributed by atoms with Gasteiger partial charge >= 0.3 is 5.97 Å². The number of hydrogen-bond donors (Lipinski definition) is 0. The van der Waals surface area contributed by atoms with Crippen molar-refractivity contribution in [2.45, 2.75) is 38.1 Å². The van der Waals surface area contributed by atoms with E-state index in [1.54, 1.807) is 31.2 Å². The van der Waals surface area contributed by atoms with Crippen molar-refractivity contribution in [3.05, 3.63) is 44.4 Å². The zero-order valence-corrected chi connectivity index (χ0v) is 14.8. The first-order valence-corrected chi connectivity index (χ1v) is 8.80. The van der Waals surface area contributed by atoms with Crippen LogP contribution in [0, 0.1) is 21.4 Å². The Labute approximate surface area is 147 Å². The van der Waals surface area contributed by atoms with Gasteiger partial charge < -0.3 is 4.74 Å². The summed E-state index contributed by atoms with van der Waals surface area (Å²) in [7, 11) is 0. The first kappa shape index (κ1) is 17.1. The number of Topliss-reactive ketones (excluding diaryl/α,β-unsaturated/α-hetero) is 1. The van der Waals surface area contributed by atoms with E-state index in [1.807, 2.05) is 0 Å². The largest absolute Gasteiger partial charge is 0.465 e. The lowest BCUT2D eigenvalue weighted by Gasteiger charge is -2.49. The lowest BCUT2D eigenvalue weighted by Crippen LogP contribution is -2.61. The second kappa shape index (κ2) is 6.27. The van der Waals surface area contributed by atoms with Crippen LogP contribution in [0.2, 0.25) is 0 Å². The molecule has 0 spiro atoms. The van der Waals surface area contributed by atoms with Gasteiger partial charge in [-0.1, -0.05) is 28.1 Å². The number of fused-ring (bicyclic) bond motifs is 3. The number of nitro groups is 1. The van der Waals surface area contributed by atoms with Crippen LogP contribution in [0.25, 0.3) is 0 Å². The van der Waals surface area contributed by atoms with Crippen LogP contribution in [0.15, 0.2) is 28.7 Å². The van der Waals surface area contributed by atoms with Crippen LogP contribution in [-0.4, -0.2) is 29.3 Å². The van der Waals surface area contributed by atoms with Crippen molar-refractivity contribution in [3.8, 4) is 0 Å². The minimum absolute atomic E-state index is 0.0808. The van der Waals surface area contributed by atoms with Gasteiger partial charge in [0.2, 0.25) is 6.04 Å². The highest BCUT2D eigenvalue weighted by Crippen LogP contribution is 2.57. The third-order valence-electron chi connectivity index (χ3n) is 5.32. The van der Waals surface area contributed by atoms with Gasteiger partial charge in [0.15, 0.2) is 5.78 Å². The minimum atomic E-state index is -1.43. The zero-order chi connectivity index (χ0) is 17.5. The minimum Gasteiger partial charge on any atom is -0.465 e. The number of rotatable bonds is 4. The maximum atomic E-state index is 12.8. The normalized spacial score (nSPS) is 31.8. The Morgan fingerprint density at radius 1 is 1.42 bits per heavy atom. The molecule has 1 aromatic carbocycles. The second-order valence-electron chi connectivity index (χ2n) is 6.42. The molecule has 24 heavy (non-hydrogen) atoms. The molecule has 0 unspecified atom stereocenters. The van der Waals surface area contributed by atoms with Crippen LogP contribution in [0.3, 0.4) is 0 Å². The summed E-state index contributed by atoms with van der Waals surface area (Å²) in [4.78, 5) is 36.9. The smallest absolute Gasteiger partial charge is 0.320 e. The molecule has 3 saturated carbocycles. The van der Waals surface area contributed by atoms with E-state index >= 15 is 0 Å². The zero-order valence-electron chi connectivity index (χ0n) is 13.2. The summed E-state index contributed by atoms with van der Waals surface area (Å²) in [6, 6.07) is 6.11. The van der Waals surface area contributed by atoms with Crippen LogP contribution in [0.4, 0.5) is 0 Å². The predicted octanol–water partition coefficient (Wildman–Crippen LogP) is 3.11. The first-order chi connectivity index (χ1) is 11.4. The lowest BCUT2D eigenvalue weighted by molar-refractivity contribution is -0.544. The number of carbonyl (C=O) groups excluding carboxylic acids is 2. The molecule has 0 N–H and O–H groups in total. The molecular formula is C17H18BrNO5. The summed E-state index contributed by atoms with van der Waals surface area (Å²) in [6.07, 6.45) is 0.904. The second-order valence-corrected chi connectivity index (χ2v) is 7.34. The highest BCUT2D eigenvalue weighted by Gasteiger charge is 2.67. The Bertz CT molecular complexity index is 689. The molecule has 0 amide bonds. The molecule has 0 saturated heterocycles. The average Bonchev–Trinajstić information content (AvgIpc) is 2.55. The third kappa shape index (κ3) is 2.46. The SMILES string of the molecule is CCOC(=O)[C@]12CC[C@H](CC1=O)[C@@H]([N+](=O)[O-])[C@@H]2c1ccc(Br)cc1. The summed E-state index contributed by atoms with van der Waals surface area (Å²) >= 11 is 3.34. The Morgan fingerprint density at radius 2 is 2.08 bits per heavy atom. The van der Waals surface area contributed by atoms with Gasteiger partial charge in [-0.25, -0.2) is 0 Å². The predicted molar refractivity (Wildman–Crippen MR) is 89.1 cm³/mol. The van der Waals surface area contributed by atoms with Crippen LogP contribution < -0.4 is 0 Å². The molecule has 3 aliphatic carbocycles. The third-order valence-corrected chi connectivity index (χ3v) is 5.85. The fourth-order valence-corrected chi connectivity index (χ4v) is 4.57. The molecule has 2 bridgehead atoms. The maximum Gasteiger partial charge on any atom is 0.320 e. The number of nitrogens with zero attached hydrogens (tertiary/aromatic N) is 1. The molecule has 1 aromatic rings. The van der Waals surface area contributed by atoms with Gasteiger partial charge in [-0.3, -0.25) is 19.7 Å². The number of ether oxygens (including phenoxy) is 1. The van der Waals surface area contributed by atoms with Crippen molar-refractivity contribution >= 4 is 27.7 Å². The topological polar surface area (TPSA) is 86.5 Å². The van der Waals surface area contributed by atoms with E-state index in [0.29, 0.717) is 18.4 Å². The Morgan fingerprint density at radius 3 is 2.62 bits per heavy atom. The molecule has 128 valence electrons. The van der Waals surface area contributed by atoms with Crippen molar-refractivity contribution in [2.75, 3.05) is 6.61 Å². The molecule has 0 heterocycles. The van der Waals surface area contributed by atoms with E-state index in [9.17, 15) is 19.7 Å². The van der Waals surface area contributed by atoms with Crippen LogP contribution >= 0.6 is 15.9 Å². The standard InChI is InChI=1S/C17H18BrNO5/c1-2-24-16(21)17-8-7-11(9-13(17)20)15(19(22)23)14(17)10-3-5-12(18)6-4-10/h3-6,11,14-15H,2,7-9H2,1H3/t11-,14+,15-,17-/m1/s1. The van der Waals surface area contributed by atoms with Crippen LogP contribution in [-0.2, 0) is 14.3 Å². The quantitative estimate of drug-likeness (QED) is 0.338. The lowest BCUT2D eigenvalue weighted by atomic mass is 9.50. The fourth-order valence-electron chi connectivity index (χ4n) is 4.31. The molecule has 4 rings (SSSR count). The molecule has 0 radical (unpaired) electrons. The average molecular weight is 396 g/mol. The molecule has 3 aliphatic rings. The number of esters is 1. The van der Waals surface area contributed by atoms with Crippen LogP contribution in [0.5, 0.6) is 0 Å². The number of ketones is 1. The van der Waals surface area contributed by atoms with Gasteiger partial charge in [-0.15, -0.1) is 0 Å². The summed E-state index contributed by atoms with van der Waals surface area (Å²) in [5, 5.41) is 11.8. The number of hydrogen-bond acceptors (Lipinski definition) is 5. The Hall–Kier alpha value is -1.76. The number of benzene rings is 1. The van der Waals surface area contributed by atoms with Crippen molar-refractivity contribution in [3.63, 3.8) is 0 Å². The summed E-state index contributed by atoms with van der Waals surface area (Å²) in [5.74, 6) is -1.94.